The molecular formula is C12H11BrF4O3. The second-order valence-corrected chi connectivity index (χ2v) is 5.10. The molecule has 8 heteroatoms. The standard InChI is InChI=1S/C12H11BrF4O3/c13-7-5-9-8(19-2-1-3-20-9)4-6(7)10(18)12(16,17)11(14)15/h4-5,10-11,18H,1-3H2. The quantitative estimate of drug-likeness (QED) is 0.840. The second-order valence-electron chi connectivity index (χ2n) is 4.25. The molecule has 1 aromatic carbocycles. The lowest BCUT2D eigenvalue weighted by molar-refractivity contribution is -0.194. The Balaban J connectivity index is 2.40. The topological polar surface area (TPSA) is 38.7 Å². The van der Waals surface area contributed by atoms with Gasteiger partial charge >= 0.3 is 12.3 Å². The van der Waals surface area contributed by atoms with Crippen molar-refractivity contribution in [2.45, 2.75) is 24.9 Å². The van der Waals surface area contributed by atoms with Crippen molar-refractivity contribution in [3.05, 3.63) is 22.2 Å². The number of halogens is 5. The van der Waals surface area contributed by atoms with Crippen LogP contribution in [0.3, 0.4) is 0 Å². The summed E-state index contributed by atoms with van der Waals surface area (Å²) in [5.41, 5.74) is -0.375. The maximum Gasteiger partial charge on any atom is 0.336 e. The highest BCUT2D eigenvalue weighted by atomic mass is 79.9. The van der Waals surface area contributed by atoms with Crippen molar-refractivity contribution >= 4 is 15.9 Å². The minimum absolute atomic E-state index is 0.0505. The smallest absolute Gasteiger partial charge is 0.336 e. The molecule has 0 amide bonds. The van der Waals surface area contributed by atoms with Gasteiger partial charge in [0.05, 0.1) is 13.2 Å². The molecule has 0 spiro atoms. The molecule has 2 rings (SSSR count). The van der Waals surface area contributed by atoms with Crippen molar-refractivity contribution < 1.29 is 32.1 Å². The Morgan fingerprint density at radius 3 is 2.25 bits per heavy atom. The molecule has 0 radical (unpaired) electrons. The lowest BCUT2D eigenvalue weighted by Crippen LogP contribution is -2.34. The summed E-state index contributed by atoms with van der Waals surface area (Å²) in [6.45, 7) is 0.712. The first-order valence-corrected chi connectivity index (χ1v) is 6.56. The summed E-state index contributed by atoms with van der Waals surface area (Å²) in [7, 11) is 0. The number of benzene rings is 1. The molecule has 3 nitrogen and oxygen atoms in total. The third kappa shape index (κ3) is 2.85. The highest BCUT2D eigenvalue weighted by Crippen LogP contribution is 2.43. The Labute approximate surface area is 120 Å². The Kier molecular flexibility index (Phi) is 4.43. The van der Waals surface area contributed by atoms with E-state index in [1.807, 2.05) is 0 Å². The molecule has 0 aromatic heterocycles. The van der Waals surface area contributed by atoms with Crippen LogP contribution in [0.4, 0.5) is 17.6 Å². The number of aliphatic hydroxyl groups is 1. The molecule has 0 bridgehead atoms. The predicted molar refractivity (Wildman–Crippen MR) is 65.7 cm³/mol. The third-order valence-corrected chi connectivity index (χ3v) is 3.50. The number of ether oxygens (including phenoxy) is 2. The van der Waals surface area contributed by atoms with E-state index in [1.165, 1.54) is 6.07 Å². The Hall–Kier alpha value is -1.02. The minimum Gasteiger partial charge on any atom is -0.490 e. The first-order chi connectivity index (χ1) is 9.34. The van der Waals surface area contributed by atoms with Gasteiger partial charge in [-0.3, -0.25) is 0 Å². The molecule has 0 aliphatic carbocycles. The van der Waals surface area contributed by atoms with E-state index in [0.29, 0.717) is 25.4 Å². The summed E-state index contributed by atoms with van der Waals surface area (Å²) in [6.07, 6.45) is -6.01. The molecule has 1 unspecified atom stereocenters. The van der Waals surface area contributed by atoms with Gasteiger partial charge in [0.25, 0.3) is 0 Å². The molecule has 1 aliphatic heterocycles. The Morgan fingerprint density at radius 1 is 1.15 bits per heavy atom. The van der Waals surface area contributed by atoms with Crippen LogP contribution < -0.4 is 9.47 Å². The van der Waals surface area contributed by atoms with Crippen LogP contribution >= 0.6 is 15.9 Å². The van der Waals surface area contributed by atoms with Crippen molar-refractivity contribution in [3.63, 3.8) is 0 Å². The molecule has 20 heavy (non-hydrogen) atoms. The van der Waals surface area contributed by atoms with Gasteiger partial charge in [0, 0.05) is 16.5 Å². The lowest BCUT2D eigenvalue weighted by atomic mass is 10.0. The molecule has 0 fully saturated rings. The van der Waals surface area contributed by atoms with Gasteiger partial charge in [-0.15, -0.1) is 0 Å². The van der Waals surface area contributed by atoms with Gasteiger partial charge in [-0.05, 0) is 12.1 Å². The van der Waals surface area contributed by atoms with Gasteiger partial charge in [0.1, 0.15) is 6.10 Å². The zero-order valence-corrected chi connectivity index (χ0v) is 11.7. The molecule has 0 saturated carbocycles. The first kappa shape index (κ1) is 15.4. The number of alkyl halides is 4. The van der Waals surface area contributed by atoms with Crippen LogP contribution in [0.1, 0.15) is 18.1 Å². The molecule has 1 aliphatic rings. The maximum absolute atomic E-state index is 13.2. The van der Waals surface area contributed by atoms with E-state index in [-0.39, 0.29) is 15.8 Å². The van der Waals surface area contributed by atoms with Crippen LogP contribution in [0, 0.1) is 0 Å². The number of aliphatic hydroxyl groups excluding tert-OH is 1. The first-order valence-electron chi connectivity index (χ1n) is 5.77. The third-order valence-electron chi connectivity index (χ3n) is 2.82. The largest absolute Gasteiger partial charge is 0.490 e. The van der Waals surface area contributed by atoms with Gasteiger partial charge in [0.15, 0.2) is 11.5 Å². The Bertz CT molecular complexity index is 496. The zero-order chi connectivity index (χ0) is 14.9. The molecule has 1 atom stereocenters. The summed E-state index contributed by atoms with van der Waals surface area (Å²) in [5, 5.41) is 9.52. The van der Waals surface area contributed by atoms with Gasteiger partial charge in [0.2, 0.25) is 0 Å². The van der Waals surface area contributed by atoms with E-state index in [9.17, 15) is 22.7 Å². The fourth-order valence-corrected chi connectivity index (χ4v) is 2.28. The normalized spacial score (nSPS) is 16.9. The fourth-order valence-electron chi connectivity index (χ4n) is 1.74. The molecule has 1 heterocycles. The van der Waals surface area contributed by atoms with E-state index in [0.717, 1.165) is 6.07 Å². The van der Waals surface area contributed by atoms with E-state index >= 15 is 0 Å². The average Bonchev–Trinajstić information content (AvgIpc) is 2.61. The van der Waals surface area contributed by atoms with Gasteiger partial charge in [-0.1, -0.05) is 15.9 Å². The van der Waals surface area contributed by atoms with Gasteiger partial charge in [-0.25, -0.2) is 8.78 Å². The second kappa shape index (κ2) is 5.77. The Morgan fingerprint density at radius 2 is 1.70 bits per heavy atom. The van der Waals surface area contributed by atoms with Crippen LogP contribution in [0.15, 0.2) is 16.6 Å². The number of hydrogen-bond donors (Lipinski definition) is 1. The molecule has 1 aromatic rings. The van der Waals surface area contributed by atoms with E-state index in [4.69, 9.17) is 9.47 Å². The lowest BCUT2D eigenvalue weighted by Gasteiger charge is -2.23. The number of fused-ring (bicyclic) bond motifs is 1. The van der Waals surface area contributed by atoms with Crippen molar-refractivity contribution in [2.24, 2.45) is 0 Å². The van der Waals surface area contributed by atoms with Gasteiger partial charge in [-0.2, -0.15) is 8.78 Å². The van der Waals surface area contributed by atoms with E-state index < -0.39 is 18.5 Å². The summed E-state index contributed by atoms with van der Waals surface area (Å²) < 4.78 is 61.7. The molecule has 0 saturated heterocycles. The van der Waals surface area contributed by atoms with Crippen LogP contribution in [-0.4, -0.2) is 30.7 Å². The summed E-state index contributed by atoms with van der Waals surface area (Å²) in [4.78, 5) is 0. The minimum atomic E-state index is -4.55. The monoisotopic (exact) mass is 358 g/mol. The summed E-state index contributed by atoms with van der Waals surface area (Å²) in [6, 6.07) is 2.41. The van der Waals surface area contributed by atoms with Gasteiger partial charge < -0.3 is 14.6 Å². The molecule has 112 valence electrons. The predicted octanol–water partition coefficient (Wildman–Crippen LogP) is 3.54. The summed E-state index contributed by atoms with van der Waals surface area (Å²) >= 11 is 2.97. The van der Waals surface area contributed by atoms with Crippen molar-refractivity contribution in [3.8, 4) is 11.5 Å². The fraction of sp³-hybridized carbons (Fsp3) is 0.500. The zero-order valence-electron chi connectivity index (χ0n) is 10.1. The molecular weight excluding hydrogens is 348 g/mol. The average molecular weight is 359 g/mol. The van der Waals surface area contributed by atoms with Crippen LogP contribution in [-0.2, 0) is 0 Å². The highest BCUT2D eigenvalue weighted by Gasteiger charge is 2.49. The van der Waals surface area contributed by atoms with Crippen LogP contribution in [0.5, 0.6) is 11.5 Å². The number of hydrogen-bond acceptors (Lipinski definition) is 3. The van der Waals surface area contributed by atoms with Crippen molar-refractivity contribution in [2.75, 3.05) is 13.2 Å². The summed E-state index contributed by atoms with van der Waals surface area (Å²) in [5.74, 6) is -4.10. The highest BCUT2D eigenvalue weighted by molar-refractivity contribution is 9.10. The maximum atomic E-state index is 13.2. The van der Waals surface area contributed by atoms with E-state index in [2.05, 4.69) is 15.9 Å². The van der Waals surface area contributed by atoms with E-state index in [1.54, 1.807) is 0 Å². The van der Waals surface area contributed by atoms with Crippen LogP contribution in [0.25, 0.3) is 0 Å². The van der Waals surface area contributed by atoms with Crippen molar-refractivity contribution in [1.29, 1.82) is 0 Å². The van der Waals surface area contributed by atoms with Crippen molar-refractivity contribution in [1.82, 2.24) is 0 Å². The molecule has 1 N–H and O–H groups in total. The van der Waals surface area contributed by atoms with Crippen LogP contribution in [0.2, 0.25) is 0 Å². The SMILES string of the molecule is OC(c1cc2c(cc1Br)OCCCO2)C(F)(F)C(F)F. The number of rotatable bonds is 3.